The van der Waals surface area contributed by atoms with Gasteiger partial charge >= 0.3 is 0 Å². The minimum atomic E-state index is -3.45. The van der Waals surface area contributed by atoms with Gasteiger partial charge in [-0.25, -0.2) is 8.42 Å². The van der Waals surface area contributed by atoms with Crippen molar-refractivity contribution >= 4 is 33.0 Å². The molecule has 0 unspecified atom stereocenters. The van der Waals surface area contributed by atoms with Gasteiger partial charge in [0.05, 0.1) is 11.5 Å². The van der Waals surface area contributed by atoms with Gasteiger partial charge in [-0.1, -0.05) is 54.6 Å². The molecule has 0 fully saturated rings. The number of sulfone groups is 1. The average Bonchev–Trinajstić information content (AvgIpc) is 2.76. The van der Waals surface area contributed by atoms with Crippen LogP contribution in [0.4, 0.5) is 5.69 Å². The minimum Gasteiger partial charge on any atom is -0.326 e. The van der Waals surface area contributed by atoms with Gasteiger partial charge in [-0.05, 0) is 23.8 Å². The third-order valence-electron chi connectivity index (χ3n) is 5.08. The molecular formula is C24H19NO5S. The second-order valence-electron chi connectivity index (χ2n) is 7.34. The SMILES string of the molecule is O=C(CCS(=O)(=O)Cc1ccccc1)Nc1ccc2c(c1)C(=O)c1ccccc1C2=O. The van der Waals surface area contributed by atoms with Crippen LogP contribution in [-0.4, -0.2) is 31.6 Å². The van der Waals surface area contributed by atoms with E-state index in [-0.39, 0.29) is 40.6 Å². The van der Waals surface area contributed by atoms with Gasteiger partial charge < -0.3 is 5.32 Å². The molecule has 4 rings (SSSR count). The van der Waals surface area contributed by atoms with E-state index >= 15 is 0 Å². The van der Waals surface area contributed by atoms with E-state index in [1.807, 2.05) is 0 Å². The Hall–Kier alpha value is -3.58. The van der Waals surface area contributed by atoms with Gasteiger partial charge in [-0.2, -0.15) is 0 Å². The first-order valence-corrected chi connectivity index (χ1v) is 11.5. The number of anilines is 1. The van der Waals surface area contributed by atoms with E-state index in [9.17, 15) is 22.8 Å². The molecular weight excluding hydrogens is 414 g/mol. The Balaban J connectivity index is 1.44. The second-order valence-corrected chi connectivity index (χ2v) is 9.52. The van der Waals surface area contributed by atoms with Crippen LogP contribution in [0.25, 0.3) is 0 Å². The molecule has 1 aliphatic carbocycles. The Kier molecular flexibility index (Phi) is 5.52. The summed E-state index contributed by atoms with van der Waals surface area (Å²) in [6.45, 7) is 0. The molecule has 0 bridgehead atoms. The van der Waals surface area contributed by atoms with Gasteiger partial charge in [0, 0.05) is 34.4 Å². The standard InChI is InChI=1S/C24H19NO5S/c26-22(12-13-31(29,30)15-16-6-2-1-3-7-16)25-17-10-11-20-21(14-17)24(28)19-9-5-4-8-18(19)23(20)27/h1-11,14H,12-13,15H2,(H,25,26). The number of rotatable bonds is 6. The smallest absolute Gasteiger partial charge is 0.225 e. The predicted molar refractivity (Wildman–Crippen MR) is 117 cm³/mol. The first kappa shape index (κ1) is 20.7. The molecule has 6 nitrogen and oxygen atoms in total. The van der Waals surface area contributed by atoms with E-state index in [1.54, 1.807) is 54.6 Å². The number of hydrogen-bond acceptors (Lipinski definition) is 5. The van der Waals surface area contributed by atoms with Crippen LogP contribution in [-0.2, 0) is 20.4 Å². The van der Waals surface area contributed by atoms with Crippen LogP contribution in [0.3, 0.4) is 0 Å². The predicted octanol–water partition coefficient (Wildman–Crippen LogP) is 3.41. The van der Waals surface area contributed by atoms with Gasteiger partial charge in [-0.15, -0.1) is 0 Å². The highest BCUT2D eigenvalue weighted by atomic mass is 32.2. The lowest BCUT2D eigenvalue weighted by atomic mass is 9.84. The van der Waals surface area contributed by atoms with Crippen molar-refractivity contribution in [2.24, 2.45) is 0 Å². The van der Waals surface area contributed by atoms with Crippen molar-refractivity contribution in [3.05, 3.63) is 101 Å². The number of carbonyl (C=O) groups is 3. The Morgan fingerprint density at radius 2 is 1.32 bits per heavy atom. The average molecular weight is 433 g/mol. The Morgan fingerprint density at radius 1 is 0.742 bits per heavy atom. The summed E-state index contributed by atoms with van der Waals surface area (Å²) in [7, 11) is -3.45. The lowest BCUT2D eigenvalue weighted by molar-refractivity contribution is -0.115. The molecule has 0 radical (unpaired) electrons. The summed E-state index contributed by atoms with van der Waals surface area (Å²) in [5.74, 6) is -1.42. The summed E-state index contributed by atoms with van der Waals surface area (Å²) < 4.78 is 24.6. The summed E-state index contributed by atoms with van der Waals surface area (Å²) in [5, 5.41) is 2.62. The van der Waals surface area contributed by atoms with E-state index in [4.69, 9.17) is 0 Å². The highest BCUT2D eigenvalue weighted by Gasteiger charge is 2.29. The van der Waals surface area contributed by atoms with Gasteiger partial charge in [0.1, 0.15) is 0 Å². The maximum Gasteiger partial charge on any atom is 0.225 e. The molecule has 0 aliphatic heterocycles. The fourth-order valence-corrected chi connectivity index (χ4v) is 4.89. The van der Waals surface area contributed by atoms with Crippen LogP contribution in [0.1, 0.15) is 43.8 Å². The molecule has 3 aromatic carbocycles. The molecule has 7 heteroatoms. The zero-order valence-corrected chi connectivity index (χ0v) is 17.3. The van der Waals surface area contributed by atoms with Gasteiger partial charge in [0.15, 0.2) is 21.4 Å². The monoisotopic (exact) mass is 433 g/mol. The molecule has 1 N–H and O–H groups in total. The molecule has 1 amide bonds. The normalized spacial score (nSPS) is 12.8. The number of ketones is 2. The van der Waals surface area contributed by atoms with Crippen molar-refractivity contribution in [2.75, 3.05) is 11.1 Å². The molecule has 0 spiro atoms. The van der Waals surface area contributed by atoms with Gasteiger partial charge in [0.25, 0.3) is 0 Å². The number of carbonyl (C=O) groups excluding carboxylic acids is 3. The van der Waals surface area contributed by atoms with Gasteiger partial charge in [0.2, 0.25) is 5.91 Å². The third kappa shape index (κ3) is 4.46. The second kappa shape index (κ2) is 8.28. The van der Waals surface area contributed by atoms with Gasteiger partial charge in [-0.3, -0.25) is 14.4 Å². The first-order chi connectivity index (χ1) is 14.8. The number of nitrogens with one attached hydrogen (secondary N) is 1. The Bertz CT molecular complexity index is 1300. The Morgan fingerprint density at radius 3 is 2.00 bits per heavy atom. The fourth-order valence-electron chi connectivity index (χ4n) is 3.55. The Labute approximate surface area is 179 Å². The number of fused-ring (bicyclic) bond motifs is 2. The number of hydrogen-bond donors (Lipinski definition) is 1. The van der Waals surface area contributed by atoms with Crippen molar-refractivity contribution in [3.8, 4) is 0 Å². The topological polar surface area (TPSA) is 97.4 Å². The van der Waals surface area contributed by atoms with Crippen molar-refractivity contribution in [2.45, 2.75) is 12.2 Å². The molecule has 3 aromatic rings. The van der Waals surface area contributed by atoms with E-state index in [0.29, 0.717) is 22.4 Å². The number of benzene rings is 3. The largest absolute Gasteiger partial charge is 0.326 e. The van der Waals surface area contributed by atoms with Crippen LogP contribution in [0.2, 0.25) is 0 Å². The van der Waals surface area contributed by atoms with Crippen molar-refractivity contribution in [1.29, 1.82) is 0 Å². The van der Waals surface area contributed by atoms with E-state index in [1.165, 1.54) is 18.2 Å². The van der Waals surface area contributed by atoms with Crippen LogP contribution in [0, 0.1) is 0 Å². The van der Waals surface area contributed by atoms with Crippen LogP contribution in [0.5, 0.6) is 0 Å². The summed E-state index contributed by atoms with van der Waals surface area (Å²) in [4.78, 5) is 37.7. The molecule has 0 saturated carbocycles. The molecule has 0 atom stereocenters. The molecule has 31 heavy (non-hydrogen) atoms. The van der Waals surface area contributed by atoms with Crippen molar-refractivity contribution in [3.63, 3.8) is 0 Å². The fraction of sp³-hybridized carbons (Fsp3) is 0.125. The quantitative estimate of drug-likeness (QED) is 0.503. The van der Waals surface area contributed by atoms with Crippen LogP contribution < -0.4 is 5.32 Å². The third-order valence-corrected chi connectivity index (χ3v) is 6.68. The summed E-state index contributed by atoms with van der Waals surface area (Å²) in [6.07, 6.45) is -0.206. The van der Waals surface area contributed by atoms with E-state index in [0.717, 1.165) is 0 Å². The van der Waals surface area contributed by atoms with Crippen molar-refractivity contribution < 1.29 is 22.8 Å². The number of amides is 1. The molecule has 156 valence electrons. The van der Waals surface area contributed by atoms with E-state index in [2.05, 4.69) is 5.32 Å². The molecule has 0 aromatic heterocycles. The highest BCUT2D eigenvalue weighted by Crippen LogP contribution is 2.29. The maximum atomic E-state index is 12.8. The van der Waals surface area contributed by atoms with Crippen molar-refractivity contribution in [1.82, 2.24) is 0 Å². The molecule has 0 saturated heterocycles. The van der Waals surface area contributed by atoms with E-state index < -0.39 is 15.7 Å². The molecule has 1 aliphatic rings. The van der Waals surface area contributed by atoms with Crippen LogP contribution in [0.15, 0.2) is 72.8 Å². The zero-order valence-electron chi connectivity index (χ0n) is 16.5. The summed E-state index contributed by atoms with van der Waals surface area (Å²) >= 11 is 0. The lowest BCUT2D eigenvalue weighted by Crippen LogP contribution is -2.22. The highest BCUT2D eigenvalue weighted by molar-refractivity contribution is 7.90. The summed E-state index contributed by atoms with van der Waals surface area (Å²) in [5.41, 5.74) is 2.20. The minimum absolute atomic E-state index is 0.129. The summed E-state index contributed by atoms with van der Waals surface area (Å²) in [6, 6.07) is 19.9. The first-order valence-electron chi connectivity index (χ1n) is 9.71. The maximum absolute atomic E-state index is 12.8. The van der Waals surface area contributed by atoms with Crippen LogP contribution >= 0.6 is 0 Å². The zero-order chi connectivity index (χ0) is 22.0. The molecule has 0 heterocycles. The lowest BCUT2D eigenvalue weighted by Gasteiger charge is -2.18.